The number of hydrogen-bond acceptors (Lipinski definition) is 2. The molecule has 0 aliphatic rings. The molecule has 0 aliphatic heterocycles. The summed E-state index contributed by atoms with van der Waals surface area (Å²) in [7, 11) is 0. The van der Waals surface area contributed by atoms with Gasteiger partial charge in [-0.15, -0.1) is 0 Å². The van der Waals surface area contributed by atoms with Gasteiger partial charge in [-0.3, -0.25) is 9.59 Å². The summed E-state index contributed by atoms with van der Waals surface area (Å²) in [5.41, 5.74) is 3.98. The van der Waals surface area contributed by atoms with Crippen LogP contribution in [-0.2, 0) is 16.1 Å². The summed E-state index contributed by atoms with van der Waals surface area (Å²) in [6, 6.07) is 15.4. The smallest absolute Gasteiger partial charge is 0.233 e. The summed E-state index contributed by atoms with van der Waals surface area (Å²) in [5.74, 6) is -0.600. The molecule has 0 aliphatic carbocycles. The molecule has 0 radical (unpaired) electrons. The second-order valence-electron chi connectivity index (χ2n) is 5.36. The van der Waals surface area contributed by atoms with E-state index < -0.39 is 0 Å². The van der Waals surface area contributed by atoms with Gasteiger partial charge < -0.3 is 10.6 Å². The van der Waals surface area contributed by atoms with Crippen LogP contribution in [-0.4, -0.2) is 11.8 Å². The maximum atomic E-state index is 11.8. The number of aryl methyl sites for hydroxylation is 2. The van der Waals surface area contributed by atoms with Gasteiger partial charge in [-0.05, 0) is 31.5 Å². The van der Waals surface area contributed by atoms with Crippen molar-refractivity contribution in [3.8, 4) is 0 Å². The minimum atomic E-state index is -0.314. The van der Waals surface area contributed by atoms with Gasteiger partial charge in [0.2, 0.25) is 11.8 Å². The molecule has 0 unspecified atom stereocenters. The Morgan fingerprint density at radius 1 is 0.909 bits per heavy atom. The Kier molecular flexibility index (Phi) is 5.31. The van der Waals surface area contributed by atoms with Crippen LogP contribution in [0.1, 0.15) is 23.1 Å². The molecule has 2 rings (SSSR count). The minimum Gasteiger partial charge on any atom is -0.352 e. The standard InChI is InChI=1S/C18H20N2O2/c1-13-6-8-16(9-7-13)20-18(22)11-17(21)19-12-15-5-3-4-14(2)10-15/h3-10H,11-12H2,1-2H3,(H,19,21)(H,20,22). The van der Waals surface area contributed by atoms with Crippen molar-refractivity contribution in [3.63, 3.8) is 0 Å². The normalized spacial score (nSPS) is 10.1. The zero-order valence-electron chi connectivity index (χ0n) is 12.8. The lowest BCUT2D eigenvalue weighted by molar-refractivity contribution is -0.126. The molecule has 2 aromatic carbocycles. The molecule has 2 N–H and O–H groups in total. The van der Waals surface area contributed by atoms with E-state index in [1.54, 1.807) is 0 Å². The van der Waals surface area contributed by atoms with Gasteiger partial charge in [-0.1, -0.05) is 47.5 Å². The Labute approximate surface area is 130 Å². The van der Waals surface area contributed by atoms with E-state index in [-0.39, 0.29) is 18.2 Å². The van der Waals surface area contributed by atoms with Crippen LogP contribution in [0.4, 0.5) is 5.69 Å². The van der Waals surface area contributed by atoms with Crippen LogP contribution in [0.5, 0.6) is 0 Å². The number of amides is 2. The Balaban J connectivity index is 1.79. The molecule has 2 aromatic rings. The molecular weight excluding hydrogens is 276 g/mol. The number of nitrogens with one attached hydrogen (secondary N) is 2. The van der Waals surface area contributed by atoms with E-state index in [0.29, 0.717) is 12.2 Å². The maximum absolute atomic E-state index is 11.8. The van der Waals surface area contributed by atoms with Crippen LogP contribution < -0.4 is 10.6 Å². The van der Waals surface area contributed by atoms with Crippen LogP contribution in [0.3, 0.4) is 0 Å². The molecule has 0 saturated heterocycles. The summed E-state index contributed by atoms with van der Waals surface area (Å²) in [6.45, 7) is 4.41. The predicted octanol–water partition coefficient (Wildman–Crippen LogP) is 2.95. The fraction of sp³-hybridized carbons (Fsp3) is 0.222. The average Bonchev–Trinajstić information content (AvgIpc) is 2.47. The van der Waals surface area contributed by atoms with E-state index in [4.69, 9.17) is 0 Å². The van der Waals surface area contributed by atoms with Crippen LogP contribution in [0.25, 0.3) is 0 Å². The SMILES string of the molecule is Cc1ccc(NC(=O)CC(=O)NCc2cccc(C)c2)cc1. The highest BCUT2D eigenvalue weighted by Gasteiger charge is 2.09. The molecule has 0 heterocycles. The molecule has 2 amide bonds. The molecule has 114 valence electrons. The first kappa shape index (κ1) is 15.8. The van der Waals surface area contributed by atoms with Crippen LogP contribution >= 0.6 is 0 Å². The number of carbonyl (C=O) groups is 2. The molecule has 0 atom stereocenters. The van der Waals surface area contributed by atoms with E-state index in [1.807, 2.05) is 62.4 Å². The second kappa shape index (κ2) is 7.41. The van der Waals surface area contributed by atoms with Crippen molar-refractivity contribution in [1.29, 1.82) is 0 Å². The second-order valence-corrected chi connectivity index (χ2v) is 5.36. The molecule has 0 fully saturated rings. The number of carbonyl (C=O) groups excluding carboxylic acids is 2. The Bertz CT molecular complexity index is 663. The summed E-state index contributed by atoms with van der Waals surface area (Å²) < 4.78 is 0. The quantitative estimate of drug-likeness (QED) is 0.833. The predicted molar refractivity (Wildman–Crippen MR) is 87.5 cm³/mol. The van der Waals surface area contributed by atoms with Crippen molar-refractivity contribution >= 4 is 17.5 Å². The zero-order valence-corrected chi connectivity index (χ0v) is 12.8. The van der Waals surface area contributed by atoms with Gasteiger partial charge in [0.1, 0.15) is 6.42 Å². The van der Waals surface area contributed by atoms with E-state index in [1.165, 1.54) is 0 Å². The van der Waals surface area contributed by atoms with Crippen molar-refractivity contribution in [2.45, 2.75) is 26.8 Å². The summed E-state index contributed by atoms with van der Waals surface area (Å²) in [5, 5.41) is 5.46. The number of hydrogen-bond donors (Lipinski definition) is 2. The van der Waals surface area contributed by atoms with Gasteiger partial charge in [-0.25, -0.2) is 0 Å². The first-order valence-electron chi connectivity index (χ1n) is 7.22. The largest absolute Gasteiger partial charge is 0.352 e. The van der Waals surface area contributed by atoms with E-state index >= 15 is 0 Å². The van der Waals surface area contributed by atoms with E-state index in [9.17, 15) is 9.59 Å². The molecule has 0 aromatic heterocycles. The van der Waals surface area contributed by atoms with Gasteiger partial charge in [0.15, 0.2) is 0 Å². The molecule has 4 nitrogen and oxygen atoms in total. The highest BCUT2D eigenvalue weighted by molar-refractivity contribution is 6.03. The summed E-state index contributed by atoms with van der Waals surface area (Å²) in [4.78, 5) is 23.6. The third-order valence-corrected chi connectivity index (χ3v) is 3.23. The third-order valence-electron chi connectivity index (χ3n) is 3.23. The molecule has 0 saturated carbocycles. The summed E-state index contributed by atoms with van der Waals surface area (Å²) in [6.07, 6.45) is -0.181. The first-order valence-corrected chi connectivity index (χ1v) is 7.22. The Morgan fingerprint density at radius 3 is 2.32 bits per heavy atom. The van der Waals surface area contributed by atoms with Gasteiger partial charge in [0, 0.05) is 12.2 Å². The number of benzene rings is 2. The fourth-order valence-electron chi connectivity index (χ4n) is 2.07. The van der Waals surface area contributed by atoms with Crippen molar-refractivity contribution in [1.82, 2.24) is 5.32 Å². The lowest BCUT2D eigenvalue weighted by Crippen LogP contribution is -2.27. The zero-order chi connectivity index (χ0) is 15.9. The topological polar surface area (TPSA) is 58.2 Å². The molecule has 22 heavy (non-hydrogen) atoms. The van der Waals surface area contributed by atoms with Crippen molar-refractivity contribution < 1.29 is 9.59 Å². The highest BCUT2D eigenvalue weighted by Crippen LogP contribution is 2.09. The molecular formula is C18H20N2O2. The van der Waals surface area contributed by atoms with Crippen LogP contribution in [0.15, 0.2) is 48.5 Å². The van der Waals surface area contributed by atoms with Gasteiger partial charge in [0.25, 0.3) is 0 Å². The Morgan fingerprint density at radius 2 is 1.64 bits per heavy atom. The first-order chi connectivity index (χ1) is 10.5. The summed E-state index contributed by atoms with van der Waals surface area (Å²) >= 11 is 0. The third kappa shape index (κ3) is 5.05. The Hall–Kier alpha value is -2.62. The minimum absolute atomic E-state index is 0.181. The van der Waals surface area contributed by atoms with Crippen molar-refractivity contribution in [2.24, 2.45) is 0 Å². The molecule has 4 heteroatoms. The van der Waals surface area contributed by atoms with Gasteiger partial charge in [0.05, 0.1) is 0 Å². The highest BCUT2D eigenvalue weighted by atomic mass is 16.2. The lowest BCUT2D eigenvalue weighted by Gasteiger charge is -2.07. The van der Waals surface area contributed by atoms with Crippen LogP contribution in [0.2, 0.25) is 0 Å². The average molecular weight is 296 g/mol. The van der Waals surface area contributed by atoms with E-state index in [2.05, 4.69) is 10.6 Å². The number of anilines is 1. The van der Waals surface area contributed by atoms with Gasteiger partial charge in [-0.2, -0.15) is 0 Å². The number of rotatable bonds is 5. The molecule has 0 bridgehead atoms. The van der Waals surface area contributed by atoms with Crippen LogP contribution in [0, 0.1) is 13.8 Å². The van der Waals surface area contributed by atoms with E-state index in [0.717, 1.165) is 16.7 Å². The fourth-order valence-corrected chi connectivity index (χ4v) is 2.07. The lowest BCUT2D eigenvalue weighted by atomic mass is 10.1. The maximum Gasteiger partial charge on any atom is 0.233 e. The van der Waals surface area contributed by atoms with Crippen molar-refractivity contribution in [3.05, 3.63) is 65.2 Å². The van der Waals surface area contributed by atoms with Crippen molar-refractivity contribution in [2.75, 3.05) is 5.32 Å². The van der Waals surface area contributed by atoms with Gasteiger partial charge >= 0.3 is 0 Å². The molecule has 0 spiro atoms. The monoisotopic (exact) mass is 296 g/mol.